The Bertz CT molecular complexity index is 1420. The number of alkyl halides is 6. The van der Waals surface area contributed by atoms with Crippen molar-refractivity contribution in [1.29, 1.82) is 0 Å². The molecule has 1 aromatic heterocycles. The molecule has 11 heteroatoms. The molecule has 5 rings (SSSR count). The molecule has 0 bridgehead atoms. The van der Waals surface area contributed by atoms with Crippen molar-refractivity contribution in [3.63, 3.8) is 0 Å². The van der Waals surface area contributed by atoms with Crippen LogP contribution in [0.5, 0.6) is 0 Å². The van der Waals surface area contributed by atoms with E-state index in [-0.39, 0.29) is 29.6 Å². The molecule has 3 aromatic rings. The Morgan fingerprint density at radius 1 is 0.850 bits per heavy atom. The number of H-pyrrole nitrogens is 1. The predicted molar refractivity (Wildman–Crippen MR) is 137 cm³/mol. The number of hydrogen-bond donors (Lipinski definition) is 2. The van der Waals surface area contributed by atoms with Gasteiger partial charge in [0.15, 0.2) is 0 Å². The second-order valence-electron chi connectivity index (χ2n) is 11.0. The fourth-order valence-electron chi connectivity index (χ4n) is 5.67. The molecule has 2 aromatic carbocycles. The molecule has 1 aliphatic carbocycles. The second kappa shape index (κ2) is 10.6. The largest absolute Gasteiger partial charge is 0.416 e. The van der Waals surface area contributed by atoms with Crippen LogP contribution in [0.1, 0.15) is 54.4 Å². The number of carbonyl (C=O) groups is 1. The second-order valence-corrected chi connectivity index (χ2v) is 11.0. The van der Waals surface area contributed by atoms with Gasteiger partial charge in [0.05, 0.1) is 16.5 Å². The summed E-state index contributed by atoms with van der Waals surface area (Å²) in [6.45, 7) is 0.745. The van der Waals surface area contributed by atoms with Gasteiger partial charge >= 0.3 is 12.4 Å². The highest BCUT2D eigenvalue weighted by molar-refractivity contribution is 5.83. The molecule has 2 N–H and O–H groups in total. The van der Waals surface area contributed by atoms with E-state index in [4.69, 9.17) is 0 Å². The van der Waals surface area contributed by atoms with Crippen LogP contribution >= 0.6 is 0 Å². The number of rotatable bonds is 7. The van der Waals surface area contributed by atoms with Crippen molar-refractivity contribution in [2.45, 2.75) is 57.5 Å². The van der Waals surface area contributed by atoms with Crippen LogP contribution in [-0.4, -0.2) is 28.9 Å². The Morgan fingerprint density at radius 3 is 2.05 bits per heavy atom. The van der Waals surface area contributed by atoms with E-state index >= 15 is 0 Å². The normalized spacial score (nSPS) is 17.6. The molecule has 1 saturated heterocycles. The van der Waals surface area contributed by atoms with Crippen molar-refractivity contribution in [3.8, 4) is 0 Å². The third kappa shape index (κ3) is 6.35. The molecule has 1 aliphatic heterocycles. The number of aromatic nitrogens is 1. The molecule has 1 saturated carbocycles. The molecule has 2 aliphatic rings. The Kier molecular flexibility index (Phi) is 7.45. The minimum absolute atomic E-state index is 0.0386. The average Bonchev–Trinajstić information content (AvgIpc) is 3.71. The average molecular weight is 566 g/mol. The number of pyridine rings is 1. The molecule has 1 amide bonds. The Labute approximate surface area is 226 Å². The summed E-state index contributed by atoms with van der Waals surface area (Å²) in [5, 5.41) is 3.99. The molecule has 40 heavy (non-hydrogen) atoms. The van der Waals surface area contributed by atoms with Gasteiger partial charge in [-0.15, -0.1) is 0 Å². The van der Waals surface area contributed by atoms with E-state index in [1.807, 2.05) is 0 Å². The molecule has 0 spiro atoms. The van der Waals surface area contributed by atoms with E-state index in [1.165, 1.54) is 11.0 Å². The Morgan fingerprint density at radius 2 is 1.45 bits per heavy atom. The lowest BCUT2D eigenvalue weighted by Gasteiger charge is -2.40. The van der Waals surface area contributed by atoms with Gasteiger partial charge in [0.25, 0.3) is 0 Å². The first kappa shape index (κ1) is 28.2. The molecule has 5 nitrogen and oxygen atoms in total. The number of fused-ring (bicyclic) bond motifs is 1. The Balaban J connectivity index is 1.55. The van der Waals surface area contributed by atoms with Crippen LogP contribution < -0.4 is 10.9 Å². The van der Waals surface area contributed by atoms with Crippen LogP contribution in [0.4, 0.5) is 26.3 Å². The van der Waals surface area contributed by atoms with Crippen molar-refractivity contribution in [2.24, 2.45) is 11.3 Å². The monoisotopic (exact) mass is 565 g/mol. The maximum Gasteiger partial charge on any atom is 0.416 e. The van der Waals surface area contributed by atoms with Crippen LogP contribution in [0.3, 0.4) is 0 Å². The van der Waals surface area contributed by atoms with Crippen molar-refractivity contribution in [3.05, 3.63) is 81.1 Å². The van der Waals surface area contributed by atoms with Gasteiger partial charge in [-0.05, 0) is 85.1 Å². The summed E-state index contributed by atoms with van der Waals surface area (Å²) in [4.78, 5) is 30.2. The molecule has 2 heterocycles. The third-order valence-corrected chi connectivity index (χ3v) is 7.86. The summed E-state index contributed by atoms with van der Waals surface area (Å²) in [6.07, 6.45) is -6.24. The summed E-state index contributed by atoms with van der Waals surface area (Å²) in [5.41, 5.74) is -3.03. The Hall–Kier alpha value is -3.34. The molecule has 2 fully saturated rings. The number of halogens is 6. The highest BCUT2D eigenvalue weighted by Crippen LogP contribution is 2.46. The van der Waals surface area contributed by atoms with Crippen LogP contribution in [-0.2, 0) is 30.2 Å². The van der Waals surface area contributed by atoms with Crippen LogP contribution in [0.25, 0.3) is 10.9 Å². The SMILES string of the molecule is O=C(N(Cc1cc(C(F)(F)F)cc(C(F)(F)F)c1)Cc1ccc2ccc(=O)[nH]c2c1)C1(CC2CC2)CCNCC1. The lowest BCUT2D eigenvalue weighted by molar-refractivity contribution is -0.146. The standard InChI is InChI=1S/C29H29F6N3O2/c30-28(31,32)22-11-20(12-23(14-22)29(33,34)35)17-38(16-19-3-4-21-5-6-25(39)37-24(21)13-19)26(40)27(15-18-1-2-18)7-9-36-10-8-27/h3-6,11-14,18,36H,1-2,7-10,15-17H2,(H,37,39). The van der Waals surface area contributed by atoms with Gasteiger partial charge in [0.1, 0.15) is 0 Å². The zero-order valence-electron chi connectivity index (χ0n) is 21.6. The van der Waals surface area contributed by atoms with E-state index in [2.05, 4.69) is 10.3 Å². The third-order valence-electron chi connectivity index (χ3n) is 7.86. The van der Waals surface area contributed by atoms with E-state index in [1.54, 1.807) is 24.3 Å². The predicted octanol–water partition coefficient (Wildman–Crippen LogP) is 6.26. The molecule has 0 unspecified atom stereocenters. The first-order valence-electron chi connectivity index (χ1n) is 13.2. The topological polar surface area (TPSA) is 65.2 Å². The van der Waals surface area contributed by atoms with Gasteiger partial charge in [-0.2, -0.15) is 26.3 Å². The van der Waals surface area contributed by atoms with Crippen LogP contribution in [0.2, 0.25) is 0 Å². The molecule has 214 valence electrons. The number of hydrogen-bond acceptors (Lipinski definition) is 3. The molecular formula is C29H29F6N3O2. The van der Waals surface area contributed by atoms with Crippen molar-refractivity contribution >= 4 is 16.8 Å². The number of nitrogens with one attached hydrogen (secondary N) is 2. The molecule has 0 radical (unpaired) electrons. The zero-order valence-corrected chi connectivity index (χ0v) is 21.6. The van der Waals surface area contributed by atoms with E-state index in [0.717, 1.165) is 18.2 Å². The van der Waals surface area contributed by atoms with Gasteiger partial charge in [0, 0.05) is 24.7 Å². The minimum atomic E-state index is -4.99. The first-order valence-corrected chi connectivity index (χ1v) is 13.2. The number of aromatic amines is 1. The van der Waals surface area contributed by atoms with E-state index in [9.17, 15) is 35.9 Å². The quantitative estimate of drug-likeness (QED) is 0.332. The van der Waals surface area contributed by atoms with Crippen LogP contribution in [0.15, 0.2) is 53.3 Å². The van der Waals surface area contributed by atoms with Crippen molar-refractivity contribution in [2.75, 3.05) is 13.1 Å². The zero-order chi connectivity index (χ0) is 28.7. The van der Waals surface area contributed by atoms with Crippen molar-refractivity contribution in [1.82, 2.24) is 15.2 Å². The highest BCUT2D eigenvalue weighted by Gasteiger charge is 2.46. The molecule has 0 atom stereocenters. The lowest BCUT2D eigenvalue weighted by Crippen LogP contribution is -2.49. The highest BCUT2D eigenvalue weighted by atomic mass is 19.4. The van der Waals surface area contributed by atoms with Crippen LogP contribution in [0, 0.1) is 11.3 Å². The summed E-state index contributed by atoms with van der Waals surface area (Å²) >= 11 is 0. The number of amides is 1. The number of piperidine rings is 1. The van der Waals surface area contributed by atoms with Gasteiger partial charge in [-0.3, -0.25) is 9.59 Å². The van der Waals surface area contributed by atoms with Gasteiger partial charge in [-0.1, -0.05) is 25.0 Å². The smallest absolute Gasteiger partial charge is 0.334 e. The summed E-state index contributed by atoms with van der Waals surface area (Å²) in [7, 11) is 0. The maximum absolute atomic E-state index is 14.3. The van der Waals surface area contributed by atoms with Gasteiger partial charge < -0.3 is 15.2 Å². The fourth-order valence-corrected chi connectivity index (χ4v) is 5.67. The fraction of sp³-hybridized carbons (Fsp3) is 0.448. The van der Waals surface area contributed by atoms with E-state index < -0.39 is 35.4 Å². The molecular weight excluding hydrogens is 536 g/mol. The minimum Gasteiger partial charge on any atom is -0.334 e. The maximum atomic E-state index is 14.3. The summed E-state index contributed by atoms with van der Waals surface area (Å²) in [5.74, 6) is 0.119. The number of carbonyl (C=O) groups excluding carboxylic acids is 1. The lowest BCUT2D eigenvalue weighted by atomic mass is 9.73. The first-order chi connectivity index (χ1) is 18.8. The number of benzene rings is 2. The van der Waals surface area contributed by atoms with Gasteiger partial charge in [-0.25, -0.2) is 0 Å². The van der Waals surface area contributed by atoms with Gasteiger partial charge in [0.2, 0.25) is 11.5 Å². The number of nitrogens with zero attached hydrogens (tertiary/aromatic N) is 1. The summed E-state index contributed by atoms with van der Waals surface area (Å²) < 4.78 is 81.5. The van der Waals surface area contributed by atoms with Crippen molar-refractivity contribution < 1.29 is 31.1 Å². The summed E-state index contributed by atoms with van der Waals surface area (Å²) in [6, 6.07) is 9.65. The van der Waals surface area contributed by atoms with E-state index in [0.29, 0.717) is 61.5 Å².